The van der Waals surface area contributed by atoms with Gasteiger partial charge in [-0.1, -0.05) is 11.6 Å². The molecule has 3 rings (SSSR count). The summed E-state index contributed by atoms with van der Waals surface area (Å²) in [5, 5.41) is 4.55. The number of hydrogen-bond acceptors (Lipinski definition) is 3. The zero-order chi connectivity index (χ0) is 15.0. The number of rotatable bonds is 2. The Hall–Kier alpha value is -1.24. The molecule has 0 atom stereocenters. The molecule has 2 aromatic heterocycles. The fourth-order valence-corrected chi connectivity index (χ4v) is 2.69. The van der Waals surface area contributed by atoms with Crippen molar-refractivity contribution in [2.45, 2.75) is 0 Å². The van der Waals surface area contributed by atoms with Crippen LogP contribution in [0.25, 0.3) is 22.6 Å². The van der Waals surface area contributed by atoms with E-state index in [4.69, 9.17) is 11.6 Å². The lowest BCUT2D eigenvalue weighted by atomic mass is 10.2. The van der Waals surface area contributed by atoms with Crippen LogP contribution in [0.4, 0.5) is 0 Å². The molecule has 0 bridgehead atoms. The van der Waals surface area contributed by atoms with Gasteiger partial charge in [0.05, 0.1) is 11.9 Å². The van der Waals surface area contributed by atoms with Gasteiger partial charge in [0.15, 0.2) is 5.82 Å². The Bertz CT molecular complexity index is 816. The van der Waals surface area contributed by atoms with Crippen molar-refractivity contribution >= 4 is 43.5 Å². The largest absolute Gasteiger partial charge is 0.275 e. The molecule has 2 heterocycles. The third kappa shape index (κ3) is 3.17. The van der Waals surface area contributed by atoms with Gasteiger partial charge < -0.3 is 0 Å². The normalized spacial score (nSPS) is 10.9. The maximum absolute atomic E-state index is 6.13. The zero-order valence-electron chi connectivity index (χ0n) is 10.9. The van der Waals surface area contributed by atoms with Crippen LogP contribution in [0.5, 0.6) is 0 Å². The zero-order valence-corrected chi connectivity index (χ0v) is 14.8. The van der Waals surface area contributed by atoms with Gasteiger partial charge in [-0.15, -0.1) is 0 Å². The number of aromatic nitrogens is 4. The molecule has 0 fully saturated rings. The third-order valence-electron chi connectivity index (χ3n) is 2.87. The molecule has 0 unspecified atom stereocenters. The van der Waals surface area contributed by atoms with Crippen LogP contribution in [0.1, 0.15) is 0 Å². The summed E-state index contributed by atoms with van der Waals surface area (Å²) in [7, 11) is 1.86. The molecule has 21 heavy (non-hydrogen) atoms. The predicted octanol–water partition coefficient (Wildman–Crippen LogP) is 4.72. The molecule has 106 valence electrons. The number of hydrogen-bond donors (Lipinski definition) is 0. The summed E-state index contributed by atoms with van der Waals surface area (Å²) in [6.45, 7) is 0. The highest BCUT2D eigenvalue weighted by Crippen LogP contribution is 2.29. The molecule has 0 saturated carbocycles. The first kappa shape index (κ1) is 14.7. The van der Waals surface area contributed by atoms with Crippen LogP contribution < -0.4 is 0 Å². The monoisotopic (exact) mass is 426 g/mol. The Morgan fingerprint density at radius 1 is 1.05 bits per heavy atom. The summed E-state index contributed by atoms with van der Waals surface area (Å²) in [6, 6.07) is 7.56. The Balaban J connectivity index is 2.11. The molecule has 4 nitrogen and oxygen atoms in total. The average Bonchev–Trinajstić information content (AvgIpc) is 2.88. The van der Waals surface area contributed by atoms with Crippen LogP contribution in [0.3, 0.4) is 0 Å². The van der Waals surface area contributed by atoms with Gasteiger partial charge in [-0.2, -0.15) is 5.10 Å². The topological polar surface area (TPSA) is 43.6 Å². The van der Waals surface area contributed by atoms with Gasteiger partial charge in [-0.05, 0) is 50.1 Å². The third-order valence-corrected chi connectivity index (χ3v) is 4.95. The first-order chi connectivity index (χ1) is 10.0. The first-order valence-electron chi connectivity index (χ1n) is 6.02. The molecule has 0 spiro atoms. The standard InChI is InChI=1S/C14H9Br2ClN4/c1-21-7-9(6-18-21)12-5-13(17)20-14(19-12)8-2-3-10(15)11(16)4-8/h2-7H,1H3. The van der Waals surface area contributed by atoms with E-state index < -0.39 is 0 Å². The van der Waals surface area contributed by atoms with Gasteiger partial charge in [0, 0.05) is 39.4 Å². The molecular formula is C14H9Br2ClN4. The molecule has 7 heteroatoms. The number of nitrogens with zero attached hydrogens (tertiary/aromatic N) is 4. The van der Waals surface area contributed by atoms with E-state index in [0.717, 1.165) is 25.8 Å². The van der Waals surface area contributed by atoms with Gasteiger partial charge in [-0.3, -0.25) is 4.68 Å². The second-order valence-corrected chi connectivity index (χ2v) is 6.53. The van der Waals surface area contributed by atoms with Crippen LogP contribution in [0.15, 0.2) is 45.6 Å². The van der Waals surface area contributed by atoms with E-state index in [9.17, 15) is 0 Å². The van der Waals surface area contributed by atoms with Crippen molar-refractivity contribution in [3.05, 3.63) is 50.8 Å². The summed E-state index contributed by atoms with van der Waals surface area (Å²) in [5.74, 6) is 0.578. The average molecular weight is 429 g/mol. The highest BCUT2D eigenvalue weighted by Gasteiger charge is 2.10. The van der Waals surface area contributed by atoms with E-state index in [1.807, 2.05) is 31.4 Å². The van der Waals surface area contributed by atoms with Gasteiger partial charge >= 0.3 is 0 Å². The Morgan fingerprint density at radius 3 is 2.52 bits per heavy atom. The fourth-order valence-electron chi connectivity index (χ4n) is 1.88. The maximum atomic E-state index is 6.13. The van der Waals surface area contributed by atoms with Crippen molar-refractivity contribution in [1.29, 1.82) is 0 Å². The highest BCUT2D eigenvalue weighted by atomic mass is 79.9. The molecule has 0 aliphatic rings. The lowest BCUT2D eigenvalue weighted by Gasteiger charge is -2.05. The van der Waals surface area contributed by atoms with E-state index in [2.05, 4.69) is 46.9 Å². The van der Waals surface area contributed by atoms with Crippen molar-refractivity contribution in [2.75, 3.05) is 0 Å². The highest BCUT2D eigenvalue weighted by molar-refractivity contribution is 9.13. The molecule has 0 radical (unpaired) electrons. The van der Waals surface area contributed by atoms with E-state index in [1.54, 1.807) is 16.9 Å². The molecule has 0 aliphatic carbocycles. The van der Waals surface area contributed by atoms with Crippen molar-refractivity contribution in [1.82, 2.24) is 19.7 Å². The maximum Gasteiger partial charge on any atom is 0.161 e. The minimum atomic E-state index is 0.401. The Morgan fingerprint density at radius 2 is 1.86 bits per heavy atom. The second-order valence-electron chi connectivity index (χ2n) is 4.43. The molecular weight excluding hydrogens is 419 g/mol. The van der Waals surface area contributed by atoms with Crippen LogP contribution >= 0.6 is 43.5 Å². The Labute approximate surface area is 143 Å². The first-order valence-corrected chi connectivity index (χ1v) is 7.98. The number of aryl methyl sites for hydroxylation is 1. The number of halogens is 3. The van der Waals surface area contributed by atoms with Gasteiger partial charge in [0.1, 0.15) is 5.15 Å². The predicted molar refractivity (Wildman–Crippen MR) is 90.1 cm³/mol. The lowest BCUT2D eigenvalue weighted by molar-refractivity contribution is 0.768. The van der Waals surface area contributed by atoms with Gasteiger partial charge in [-0.25, -0.2) is 9.97 Å². The minimum absolute atomic E-state index is 0.401. The smallest absolute Gasteiger partial charge is 0.161 e. The molecule has 0 aliphatic heterocycles. The van der Waals surface area contributed by atoms with Gasteiger partial charge in [0.25, 0.3) is 0 Å². The summed E-state index contributed by atoms with van der Waals surface area (Å²) in [4.78, 5) is 8.87. The molecule has 1 aromatic carbocycles. The molecule has 0 saturated heterocycles. The summed E-state index contributed by atoms with van der Waals surface area (Å²) in [6.07, 6.45) is 3.64. The fraction of sp³-hybridized carbons (Fsp3) is 0.0714. The van der Waals surface area contributed by atoms with E-state index in [0.29, 0.717) is 11.0 Å². The van der Waals surface area contributed by atoms with Crippen LogP contribution in [-0.4, -0.2) is 19.7 Å². The van der Waals surface area contributed by atoms with Crippen LogP contribution in [0.2, 0.25) is 5.15 Å². The summed E-state index contributed by atoms with van der Waals surface area (Å²) >= 11 is 13.1. The van der Waals surface area contributed by atoms with Crippen molar-refractivity contribution in [3.63, 3.8) is 0 Å². The van der Waals surface area contributed by atoms with Crippen molar-refractivity contribution < 1.29 is 0 Å². The van der Waals surface area contributed by atoms with Crippen LogP contribution in [0, 0.1) is 0 Å². The lowest BCUT2D eigenvalue weighted by Crippen LogP contribution is -1.93. The van der Waals surface area contributed by atoms with E-state index in [-0.39, 0.29) is 0 Å². The SMILES string of the molecule is Cn1cc(-c2cc(Cl)nc(-c3ccc(Br)c(Br)c3)n2)cn1. The van der Waals surface area contributed by atoms with E-state index in [1.165, 1.54) is 0 Å². The summed E-state index contributed by atoms with van der Waals surface area (Å²) < 4.78 is 3.63. The van der Waals surface area contributed by atoms with Gasteiger partial charge in [0.2, 0.25) is 0 Å². The molecule has 0 N–H and O–H groups in total. The van der Waals surface area contributed by atoms with E-state index >= 15 is 0 Å². The molecule has 0 amide bonds. The molecule has 3 aromatic rings. The number of benzene rings is 1. The minimum Gasteiger partial charge on any atom is -0.275 e. The van der Waals surface area contributed by atoms with Crippen molar-refractivity contribution in [2.24, 2.45) is 7.05 Å². The van der Waals surface area contributed by atoms with Crippen molar-refractivity contribution in [3.8, 4) is 22.6 Å². The quantitative estimate of drug-likeness (QED) is 0.555. The van der Waals surface area contributed by atoms with Crippen LogP contribution in [-0.2, 0) is 7.05 Å². The Kier molecular flexibility index (Phi) is 4.10. The summed E-state index contributed by atoms with van der Waals surface area (Å²) in [5.41, 5.74) is 2.54. The second kappa shape index (κ2) is 5.87.